The Kier molecular flexibility index (Phi) is 0.508. The monoisotopic (exact) mass is 87.0 g/mol. The first-order valence-corrected chi connectivity index (χ1v) is 1.85. The Bertz CT molecular complexity index is 75.6. The van der Waals surface area contributed by atoms with Gasteiger partial charge in [0.1, 0.15) is 0 Å². The molecule has 0 aliphatic heterocycles. The molecule has 1 nitrogen and oxygen atoms in total. The van der Waals surface area contributed by atoms with Crippen molar-refractivity contribution in [2.45, 2.75) is 18.5 Å². The van der Waals surface area contributed by atoms with Crippen LogP contribution in [0.5, 0.6) is 0 Å². The Balaban J connectivity index is 2.47. The Hall–Kier alpha value is -0.400. The van der Waals surface area contributed by atoms with Crippen molar-refractivity contribution in [3.05, 3.63) is 0 Å². The van der Waals surface area contributed by atoms with Crippen molar-refractivity contribution in [2.75, 3.05) is 0 Å². The molecule has 0 heterocycles. The summed E-state index contributed by atoms with van der Waals surface area (Å²) >= 11 is 0. The highest BCUT2D eigenvalue weighted by atomic mass is 19.1. The Morgan fingerprint density at radius 3 is 2.17 bits per heavy atom. The number of rotatable bonds is 1. The van der Waals surface area contributed by atoms with E-state index < -0.39 is 5.67 Å². The lowest BCUT2D eigenvalue weighted by Crippen LogP contribution is -1.97. The smallest absolute Gasteiger partial charge is 0.238 e. The number of alkyl halides is 1. The third-order valence-corrected chi connectivity index (χ3v) is 0.872. The van der Waals surface area contributed by atoms with Crippen LogP contribution in [0.2, 0.25) is 0 Å². The van der Waals surface area contributed by atoms with Crippen molar-refractivity contribution in [1.29, 1.82) is 0 Å². The fourth-order valence-electron chi connectivity index (χ4n) is 0.212. The van der Waals surface area contributed by atoms with Crippen LogP contribution in [-0.4, -0.2) is 12.0 Å². The fraction of sp³-hybridized carbons (Fsp3) is 0.750. The minimum atomic E-state index is -1.51. The molecular weight excluding hydrogens is 83.0 g/mol. The highest BCUT2D eigenvalue weighted by molar-refractivity contribution is 5.67. The van der Waals surface area contributed by atoms with Gasteiger partial charge < -0.3 is 0 Å². The minimum absolute atomic E-state index is 0.385. The molecule has 0 N–H and O–H groups in total. The summed E-state index contributed by atoms with van der Waals surface area (Å²) in [6, 6.07) is 0. The van der Waals surface area contributed by atoms with Gasteiger partial charge in [-0.1, -0.05) is 0 Å². The molecule has 2 heteroatoms. The number of carbonyl (C=O) groups excluding carboxylic acids is 1. The van der Waals surface area contributed by atoms with E-state index >= 15 is 0 Å². The molecule has 0 bridgehead atoms. The molecule has 0 saturated heterocycles. The van der Waals surface area contributed by atoms with E-state index in [0.717, 1.165) is 0 Å². The maximum absolute atomic E-state index is 11.8. The topological polar surface area (TPSA) is 17.1 Å². The van der Waals surface area contributed by atoms with E-state index in [1.807, 2.05) is 0 Å². The normalized spacial score (nSPS) is 26.2. The molecule has 0 aromatic carbocycles. The maximum atomic E-state index is 11.8. The summed E-state index contributed by atoms with van der Waals surface area (Å²) in [5.41, 5.74) is -1.51. The van der Waals surface area contributed by atoms with Gasteiger partial charge in [0.15, 0.2) is 5.67 Å². The first kappa shape index (κ1) is 3.78. The summed E-state index contributed by atoms with van der Waals surface area (Å²) in [7, 11) is 0. The molecule has 0 amide bonds. The maximum Gasteiger partial charge on any atom is 0.238 e. The van der Waals surface area contributed by atoms with Crippen molar-refractivity contribution < 1.29 is 9.18 Å². The lowest BCUT2D eigenvalue weighted by Gasteiger charge is -1.78. The molecule has 1 radical (unpaired) electrons. The zero-order chi connectivity index (χ0) is 4.62. The molecule has 1 aliphatic carbocycles. The largest absolute Gasteiger partial charge is 0.287 e. The zero-order valence-corrected chi connectivity index (χ0v) is 3.20. The molecule has 0 aromatic rings. The van der Waals surface area contributed by atoms with Gasteiger partial charge in [0.05, 0.1) is 0 Å². The van der Waals surface area contributed by atoms with Crippen molar-refractivity contribution in [2.24, 2.45) is 0 Å². The van der Waals surface area contributed by atoms with Crippen LogP contribution in [0.4, 0.5) is 4.39 Å². The molecule has 1 saturated carbocycles. The van der Waals surface area contributed by atoms with Gasteiger partial charge >= 0.3 is 0 Å². The van der Waals surface area contributed by atoms with Crippen molar-refractivity contribution in [3.63, 3.8) is 0 Å². The molecular formula is C4H4FO. The van der Waals surface area contributed by atoms with E-state index in [-0.39, 0.29) is 0 Å². The quantitative estimate of drug-likeness (QED) is 0.457. The highest BCUT2D eigenvalue weighted by Crippen LogP contribution is 2.36. The zero-order valence-electron chi connectivity index (χ0n) is 3.20. The van der Waals surface area contributed by atoms with E-state index in [0.29, 0.717) is 12.8 Å². The fourth-order valence-corrected chi connectivity index (χ4v) is 0.212. The molecule has 1 rings (SSSR count). The van der Waals surface area contributed by atoms with Crippen molar-refractivity contribution in [1.82, 2.24) is 0 Å². The molecule has 0 spiro atoms. The van der Waals surface area contributed by atoms with Gasteiger partial charge in [-0.3, -0.25) is 4.79 Å². The summed E-state index contributed by atoms with van der Waals surface area (Å²) in [5, 5.41) is 0. The van der Waals surface area contributed by atoms with E-state index in [1.54, 1.807) is 0 Å². The summed E-state index contributed by atoms with van der Waals surface area (Å²) in [4.78, 5) is 9.39. The third-order valence-electron chi connectivity index (χ3n) is 0.872. The van der Waals surface area contributed by atoms with E-state index in [2.05, 4.69) is 0 Å². The average Bonchev–Trinajstić information content (AvgIpc) is 2.22. The molecule has 33 valence electrons. The van der Waals surface area contributed by atoms with Gasteiger partial charge in [-0.05, 0) is 12.8 Å². The van der Waals surface area contributed by atoms with Crippen LogP contribution in [0.1, 0.15) is 12.8 Å². The highest BCUT2D eigenvalue weighted by Gasteiger charge is 2.44. The van der Waals surface area contributed by atoms with Gasteiger partial charge in [0.25, 0.3) is 0 Å². The van der Waals surface area contributed by atoms with Gasteiger partial charge in [-0.15, -0.1) is 0 Å². The number of halogens is 1. The molecule has 0 aromatic heterocycles. The summed E-state index contributed by atoms with van der Waals surface area (Å²) in [6.45, 7) is 0. The van der Waals surface area contributed by atoms with Crippen molar-refractivity contribution in [3.8, 4) is 0 Å². The van der Waals surface area contributed by atoms with Gasteiger partial charge in [-0.2, -0.15) is 0 Å². The lowest BCUT2D eigenvalue weighted by molar-refractivity contribution is 0.381. The lowest BCUT2D eigenvalue weighted by atomic mass is 10.4. The van der Waals surface area contributed by atoms with Crippen LogP contribution in [0.15, 0.2) is 0 Å². The van der Waals surface area contributed by atoms with Crippen LogP contribution < -0.4 is 0 Å². The molecule has 0 unspecified atom stereocenters. The SMILES string of the molecule is O=[C]C1(F)CC1. The van der Waals surface area contributed by atoms with Crippen LogP contribution in [0.3, 0.4) is 0 Å². The first-order chi connectivity index (χ1) is 2.77. The average molecular weight is 87.1 g/mol. The Labute approximate surface area is 35.2 Å². The van der Waals surface area contributed by atoms with Gasteiger partial charge in [0, 0.05) is 0 Å². The van der Waals surface area contributed by atoms with E-state index in [1.165, 1.54) is 6.29 Å². The van der Waals surface area contributed by atoms with Gasteiger partial charge in [0.2, 0.25) is 6.29 Å². The molecule has 1 fully saturated rings. The van der Waals surface area contributed by atoms with E-state index in [4.69, 9.17) is 0 Å². The van der Waals surface area contributed by atoms with Crippen molar-refractivity contribution >= 4 is 6.29 Å². The second-order valence-corrected chi connectivity index (χ2v) is 1.57. The van der Waals surface area contributed by atoms with Gasteiger partial charge in [-0.25, -0.2) is 4.39 Å². The predicted octanol–water partition coefficient (Wildman–Crippen LogP) is 0.598. The molecule has 6 heavy (non-hydrogen) atoms. The van der Waals surface area contributed by atoms with Crippen LogP contribution >= 0.6 is 0 Å². The number of hydrogen-bond donors (Lipinski definition) is 0. The Morgan fingerprint density at radius 2 is 2.17 bits per heavy atom. The summed E-state index contributed by atoms with van der Waals surface area (Å²) in [6.07, 6.45) is 2.07. The summed E-state index contributed by atoms with van der Waals surface area (Å²) < 4.78 is 11.8. The van der Waals surface area contributed by atoms with Crippen LogP contribution in [-0.2, 0) is 4.79 Å². The van der Waals surface area contributed by atoms with Crippen LogP contribution in [0.25, 0.3) is 0 Å². The summed E-state index contributed by atoms with van der Waals surface area (Å²) in [5.74, 6) is 0. The second-order valence-electron chi connectivity index (χ2n) is 1.57. The predicted molar refractivity (Wildman–Crippen MR) is 18.8 cm³/mol. The first-order valence-electron chi connectivity index (χ1n) is 1.85. The minimum Gasteiger partial charge on any atom is -0.287 e. The van der Waals surface area contributed by atoms with Crippen LogP contribution in [0, 0.1) is 0 Å². The van der Waals surface area contributed by atoms with E-state index in [9.17, 15) is 9.18 Å². The molecule has 0 atom stereocenters. The Morgan fingerprint density at radius 1 is 1.67 bits per heavy atom. The standard InChI is InChI=1S/C4H4FO/c5-4(3-6)1-2-4/h1-2H2. The third kappa shape index (κ3) is 0.421. The molecule has 1 aliphatic rings. The second kappa shape index (κ2) is 0.806. The number of hydrogen-bond acceptors (Lipinski definition) is 1.